The van der Waals surface area contributed by atoms with Crippen molar-refractivity contribution >= 4 is 5.91 Å². The molecule has 0 bridgehead atoms. The number of para-hydroxylation sites is 1. The Morgan fingerprint density at radius 1 is 1.37 bits per heavy atom. The van der Waals surface area contributed by atoms with Gasteiger partial charge in [0.05, 0.1) is 12.5 Å². The summed E-state index contributed by atoms with van der Waals surface area (Å²) in [6.45, 7) is 9.19. The van der Waals surface area contributed by atoms with Crippen LogP contribution in [-0.4, -0.2) is 40.1 Å². The SMILES string of the molecule is CCc1nccn1CC(C)C(=O)N1CCCC(COc2ccccc2C)C1. The second-order valence-electron chi connectivity index (χ2n) is 7.62. The van der Waals surface area contributed by atoms with Crippen LogP contribution in [-0.2, 0) is 17.8 Å². The van der Waals surface area contributed by atoms with E-state index in [4.69, 9.17) is 4.74 Å². The fourth-order valence-electron chi connectivity index (χ4n) is 3.83. The topological polar surface area (TPSA) is 47.4 Å². The van der Waals surface area contributed by atoms with Crippen molar-refractivity contribution in [3.8, 4) is 5.75 Å². The number of likely N-dealkylation sites (tertiary alicyclic amines) is 1. The summed E-state index contributed by atoms with van der Waals surface area (Å²) in [5.41, 5.74) is 1.15. The third kappa shape index (κ3) is 4.90. The molecule has 1 fully saturated rings. The van der Waals surface area contributed by atoms with Gasteiger partial charge >= 0.3 is 0 Å². The van der Waals surface area contributed by atoms with Gasteiger partial charge in [-0.05, 0) is 31.4 Å². The van der Waals surface area contributed by atoms with Crippen molar-refractivity contribution in [3.05, 3.63) is 48.0 Å². The quantitative estimate of drug-likeness (QED) is 0.747. The molecule has 0 aliphatic carbocycles. The van der Waals surface area contributed by atoms with Gasteiger partial charge < -0.3 is 14.2 Å². The lowest BCUT2D eigenvalue weighted by atomic mass is 9.97. The summed E-state index contributed by atoms with van der Waals surface area (Å²) >= 11 is 0. The summed E-state index contributed by atoms with van der Waals surface area (Å²) in [6, 6.07) is 8.10. The monoisotopic (exact) mass is 369 g/mol. The van der Waals surface area contributed by atoms with Crippen LogP contribution in [0.25, 0.3) is 0 Å². The van der Waals surface area contributed by atoms with Crippen LogP contribution in [0, 0.1) is 18.8 Å². The highest BCUT2D eigenvalue weighted by atomic mass is 16.5. The standard InChI is InChI=1S/C22H31N3O2/c1-4-21-23-11-13-24(21)14-18(3)22(26)25-12-7-9-19(15-25)16-27-20-10-6-5-8-17(20)2/h5-6,8,10-11,13,18-19H,4,7,9,12,14-16H2,1-3H3. The number of hydrogen-bond donors (Lipinski definition) is 0. The Hall–Kier alpha value is -2.30. The number of benzene rings is 1. The molecular formula is C22H31N3O2. The molecule has 2 atom stereocenters. The number of carbonyl (C=O) groups excluding carboxylic acids is 1. The number of imidazole rings is 1. The van der Waals surface area contributed by atoms with Crippen molar-refractivity contribution < 1.29 is 9.53 Å². The molecule has 1 amide bonds. The zero-order chi connectivity index (χ0) is 19.2. The minimum Gasteiger partial charge on any atom is -0.493 e. The van der Waals surface area contributed by atoms with Gasteiger partial charge in [0.15, 0.2) is 0 Å². The molecule has 1 aliphatic heterocycles. The maximum Gasteiger partial charge on any atom is 0.227 e. The molecular weight excluding hydrogens is 338 g/mol. The Labute approximate surface area is 162 Å². The Bertz CT molecular complexity index is 756. The molecule has 5 nitrogen and oxygen atoms in total. The van der Waals surface area contributed by atoms with Crippen molar-refractivity contribution in [3.63, 3.8) is 0 Å². The minimum atomic E-state index is -0.0412. The molecule has 0 saturated carbocycles. The van der Waals surface area contributed by atoms with E-state index in [-0.39, 0.29) is 11.8 Å². The van der Waals surface area contributed by atoms with Crippen LogP contribution in [0.4, 0.5) is 0 Å². The van der Waals surface area contributed by atoms with E-state index in [0.717, 1.165) is 49.5 Å². The third-order valence-electron chi connectivity index (χ3n) is 5.41. The Morgan fingerprint density at radius 2 is 2.19 bits per heavy atom. The second-order valence-corrected chi connectivity index (χ2v) is 7.62. The van der Waals surface area contributed by atoms with Gasteiger partial charge in [-0.15, -0.1) is 0 Å². The van der Waals surface area contributed by atoms with Crippen LogP contribution in [0.5, 0.6) is 5.75 Å². The highest BCUT2D eigenvalue weighted by molar-refractivity contribution is 5.78. The Morgan fingerprint density at radius 3 is 2.96 bits per heavy atom. The first-order chi connectivity index (χ1) is 13.1. The maximum atomic E-state index is 12.9. The predicted octanol–water partition coefficient (Wildman–Crippen LogP) is 3.71. The molecule has 27 heavy (non-hydrogen) atoms. The lowest BCUT2D eigenvalue weighted by Crippen LogP contribution is -2.44. The van der Waals surface area contributed by atoms with Crippen molar-refractivity contribution in [2.24, 2.45) is 11.8 Å². The first-order valence-corrected chi connectivity index (χ1v) is 10.1. The smallest absolute Gasteiger partial charge is 0.227 e. The van der Waals surface area contributed by atoms with Gasteiger partial charge in [-0.2, -0.15) is 0 Å². The lowest BCUT2D eigenvalue weighted by Gasteiger charge is -2.34. The van der Waals surface area contributed by atoms with E-state index in [1.54, 1.807) is 0 Å². The first-order valence-electron chi connectivity index (χ1n) is 10.1. The molecule has 2 heterocycles. The van der Waals surface area contributed by atoms with Crippen LogP contribution < -0.4 is 4.74 Å². The van der Waals surface area contributed by atoms with Crippen LogP contribution in [0.3, 0.4) is 0 Å². The molecule has 1 aromatic carbocycles. The minimum absolute atomic E-state index is 0.0412. The van der Waals surface area contributed by atoms with E-state index in [9.17, 15) is 4.79 Å². The zero-order valence-corrected chi connectivity index (χ0v) is 16.7. The molecule has 2 unspecified atom stereocenters. The number of hydrogen-bond acceptors (Lipinski definition) is 3. The molecule has 5 heteroatoms. The van der Waals surface area contributed by atoms with Gasteiger partial charge in [0.25, 0.3) is 0 Å². The summed E-state index contributed by atoms with van der Waals surface area (Å²) in [5, 5.41) is 0. The average molecular weight is 370 g/mol. The highest BCUT2D eigenvalue weighted by Gasteiger charge is 2.27. The molecule has 1 aromatic heterocycles. The molecule has 3 rings (SSSR count). The van der Waals surface area contributed by atoms with E-state index in [1.807, 2.05) is 42.4 Å². The predicted molar refractivity (Wildman–Crippen MR) is 107 cm³/mol. The zero-order valence-electron chi connectivity index (χ0n) is 16.7. The van der Waals surface area contributed by atoms with Crippen LogP contribution in [0.1, 0.15) is 38.1 Å². The number of amides is 1. The maximum absolute atomic E-state index is 12.9. The number of aryl methyl sites for hydroxylation is 2. The number of piperidine rings is 1. The van der Waals surface area contributed by atoms with E-state index in [2.05, 4.69) is 29.5 Å². The number of rotatable bonds is 7. The summed E-state index contributed by atoms with van der Waals surface area (Å²) in [7, 11) is 0. The van der Waals surface area contributed by atoms with E-state index < -0.39 is 0 Å². The van der Waals surface area contributed by atoms with Crippen molar-refractivity contribution in [1.29, 1.82) is 0 Å². The Kier molecular flexibility index (Phi) is 6.54. The van der Waals surface area contributed by atoms with Gasteiger partial charge in [-0.25, -0.2) is 4.98 Å². The highest BCUT2D eigenvalue weighted by Crippen LogP contribution is 2.22. The third-order valence-corrected chi connectivity index (χ3v) is 5.41. The van der Waals surface area contributed by atoms with E-state index >= 15 is 0 Å². The number of ether oxygens (including phenoxy) is 1. The number of carbonyl (C=O) groups is 1. The van der Waals surface area contributed by atoms with Crippen LogP contribution >= 0.6 is 0 Å². The Balaban J connectivity index is 1.53. The van der Waals surface area contributed by atoms with Gasteiger partial charge in [-0.1, -0.05) is 32.0 Å². The molecule has 0 spiro atoms. The first kappa shape index (κ1) is 19.5. The van der Waals surface area contributed by atoms with Crippen molar-refractivity contribution in [2.75, 3.05) is 19.7 Å². The molecule has 0 radical (unpaired) electrons. The number of aromatic nitrogens is 2. The summed E-state index contributed by atoms with van der Waals surface area (Å²) in [4.78, 5) is 19.3. The lowest BCUT2D eigenvalue weighted by molar-refractivity contribution is -0.137. The number of nitrogens with zero attached hydrogens (tertiary/aromatic N) is 3. The average Bonchev–Trinajstić information content (AvgIpc) is 3.14. The van der Waals surface area contributed by atoms with E-state index in [1.165, 1.54) is 0 Å². The second kappa shape index (κ2) is 9.07. The molecule has 1 saturated heterocycles. The van der Waals surface area contributed by atoms with Gasteiger partial charge in [0, 0.05) is 44.4 Å². The van der Waals surface area contributed by atoms with Crippen LogP contribution in [0.2, 0.25) is 0 Å². The van der Waals surface area contributed by atoms with Gasteiger partial charge in [0.2, 0.25) is 5.91 Å². The largest absolute Gasteiger partial charge is 0.493 e. The fourth-order valence-corrected chi connectivity index (χ4v) is 3.83. The summed E-state index contributed by atoms with van der Waals surface area (Å²) < 4.78 is 8.13. The fraction of sp³-hybridized carbons (Fsp3) is 0.545. The summed E-state index contributed by atoms with van der Waals surface area (Å²) in [5.74, 6) is 2.58. The normalized spacial score (nSPS) is 18.3. The van der Waals surface area contributed by atoms with Gasteiger partial charge in [-0.3, -0.25) is 4.79 Å². The molecule has 0 N–H and O–H groups in total. The molecule has 146 valence electrons. The van der Waals surface area contributed by atoms with Gasteiger partial charge in [0.1, 0.15) is 11.6 Å². The van der Waals surface area contributed by atoms with Crippen LogP contribution in [0.15, 0.2) is 36.7 Å². The van der Waals surface area contributed by atoms with Crippen molar-refractivity contribution in [1.82, 2.24) is 14.5 Å². The van der Waals surface area contributed by atoms with Crippen molar-refractivity contribution in [2.45, 2.75) is 46.6 Å². The summed E-state index contributed by atoms with van der Waals surface area (Å²) in [6.07, 6.45) is 6.83. The van der Waals surface area contributed by atoms with E-state index in [0.29, 0.717) is 19.1 Å². The molecule has 2 aromatic rings. The molecule has 1 aliphatic rings.